The molecule has 1 N–H and O–H groups in total. The van der Waals surface area contributed by atoms with E-state index in [4.69, 9.17) is 9.47 Å². The van der Waals surface area contributed by atoms with E-state index in [1.54, 1.807) is 42.5 Å². The molecule has 6 nitrogen and oxygen atoms in total. The number of hydrogen-bond acceptors (Lipinski definition) is 4. The van der Waals surface area contributed by atoms with Gasteiger partial charge in [-0.25, -0.2) is 5.01 Å². The topological polar surface area (TPSA) is 67.9 Å². The minimum absolute atomic E-state index is 0.0349. The largest absolute Gasteiger partial charge is 0.490 e. The third-order valence-corrected chi connectivity index (χ3v) is 5.30. The summed E-state index contributed by atoms with van der Waals surface area (Å²) in [7, 11) is 0. The van der Waals surface area contributed by atoms with E-state index in [1.165, 1.54) is 5.01 Å². The van der Waals surface area contributed by atoms with Crippen molar-refractivity contribution in [2.75, 3.05) is 18.2 Å². The molecule has 0 atom stereocenters. The van der Waals surface area contributed by atoms with Crippen LogP contribution in [0.2, 0.25) is 0 Å². The Morgan fingerprint density at radius 3 is 2.41 bits per heavy atom. The zero-order valence-corrected chi connectivity index (χ0v) is 19.0. The van der Waals surface area contributed by atoms with Gasteiger partial charge in [0.25, 0.3) is 11.8 Å². The summed E-state index contributed by atoms with van der Waals surface area (Å²) in [6, 6.07) is 22.2. The number of aryl methyl sites for hydroxylation is 1. The lowest BCUT2D eigenvalue weighted by atomic mass is 10.1. The molecule has 0 aliphatic carbocycles. The third-order valence-electron chi connectivity index (χ3n) is 4.81. The quantitative estimate of drug-likeness (QED) is 0.295. The normalized spacial score (nSPS) is 14.6. The van der Waals surface area contributed by atoms with Gasteiger partial charge in [-0.3, -0.25) is 15.0 Å². The van der Waals surface area contributed by atoms with E-state index < -0.39 is 11.8 Å². The first-order valence-electron chi connectivity index (χ1n) is 10.1. The van der Waals surface area contributed by atoms with E-state index in [1.807, 2.05) is 43.3 Å². The number of hydrazine groups is 1. The molecule has 0 spiro atoms. The van der Waals surface area contributed by atoms with Gasteiger partial charge in [0.2, 0.25) is 0 Å². The average molecular weight is 493 g/mol. The monoisotopic (exact) mass is 492 g/mol. The van der Waals surface area contributed by atoms with Crippen molar-refractivity contribution in [2.45, 2.75) is 6.92 Å². The molecule has 162 valence electrons. The lowest BCUT2D eigenvalue weighted by molar-refractivity contribution is -0.117. The predicted molar refractivity (Wildman–Crippen MR) is 126 cm³/mol. The molecule has 1 heterocycles. The summed E-state index contributed by atoms with van der Waals surface area (Å²) in [6.45, 7) is 2.68. The van der Waals surface area contributed by atoms with Crippen LogP contribution >= 0.6 is 15.9 Å². The zero-order chi connectivity index (χ0) is 22.5. The van der Waals surface area contributed by atoms with Crippen molar-refractivity contribution in [1.82, 2.24) is 5.43 Å². The van der Waals surface area contributed by atoms with E-state index in [0.29, 0.717) is 30.2 Å². The molecule has 32 heavy (non-hydrogen) atoms. The molecule has 3 aromatic carbocycles. The molecule has 0 bridgehead atoms. The van der Waals surface area contributed by atoms with Crippen molar-refractivity contribution in [3.8, 4) is 11.5 Å². The fourth-order valence-electron chi connectivity index (χ4n) is 3.18. The summed E-state index contributed by atoms with van der Waals surface area (Å²) in [4.78, 5) is 25.4. The molecule has 2 amide bonds. The van der Waals surface area contributed by atoms with Gasteiger partial charge in [-0.1, -0.05) is 51.8 Å². The Bertz CT molecular complexity index is 1160. The number of rotatable bonds is 7. The highest BCUT2D eigenvalue weighted by atomic mass is 79.9. The Hall–Kier alpha value is -3.58. The number of ether oxygens (including phenoxy) is 2. The Morgan fingerprint density at radius 1 is 0.938 bits per heavy atom. The van der Waals surface area contributed by atoms with E-state index in [-0.39, 0.29) is 5.57 Å². The summed E-state index contributed by atoms with van der Waals surface area (Å²) in [5.41, 5.74) is 5.01. The highest BCUT2D eigenvalue weighted by molar-refractivity contribution is 9.10. The van der Waals surface area contributed by atoms with E-state index >= 15 is 0 Å². The highest BCUT2D eigenvalue weighted by Gasteiger charge is 2.34. The molecule has 4 rings (SSSR count). The lowest BCUT2D eigenvalue weighted by Gasteiger charge is -2.14. The smallest absolute Gasteiger partial charge is 0.282 e. The Balaban J connectivity index is 1.48. The molecule has 0 saturated carbocycles. The molecule has 0 radical (unpaired) electrons. The number of para-hydroxylation sites is 1. The van der Waals surface area contributed by atoms with Crippen molar-refractivity contribution >= 4 is 39.5 Å². The van der Waals surface area contributed by atoms with Gasteiger partial charge in [-0.15, -0.1) is 0 Å². The van der Waals surface area contributed by atoms with Crippen molar-refractivity contribution in [2.24, 2.45) is 0 Å². The summed E-state index contributed by atoms with van der Waals surface area (Å²) in [5.74, 6) is 0.431. The first-order chi connectivity index (χ1) is 15.5. The second-order valence-electron chi connectivity index (χ2n) is 7.17. The Morgan fingerprint density at radius 2 is 1.66 bits per heavy atom. The zero-order valence-electron chi connectivity index (χ0n) is 17.4. The SMILES string of the molecule is Cc1ccc(OCCOc2ccc(Br)cc2C=C2C(=O)NN(c3ccccc3)C2=O)cc1. The number of carbonyl (C=O) groups is 2. The van der Waals surface area contributed by atoms with Crippen molar-refractivity contribution in [3.63, 3.8) is 0 Å². The molecule has 0 aromatic heterocycles. The van der Waals surface area contributed by atoms with Crippen LogP contribution in [-0.2, 0) is 9.59 Å². The molecule has 0 unspecified atom stereocenters. The Kier molecular flexibility index (Phi) is 6.56. The van der Waals surface area contributed by atoms with E-state index in [9.17, 15) is 9.59 Å². The summed E-state index contributed by atoms with van der Waals surface area (Å²) >= 11 is 3.44. The number of benzene rings is 3. The number of hydrogen-bond donors (Lipinski definition) is 1. The third kappa shape index (κ3) is 5.00. The van der Waals surface area contributed by atoms with Gasteiger partial charge in [0.1, 0.15) is 30.3 Å². The van der Waals surface area contributed by atoms with Gasteiger partial charge in [0.15, 0.2) is 0 Å². The van der Waals surface area contributed by atoms with Crippen LogP contribution in [0, 0.1) is 6.92 Å². The predicted octanol–water partition coefficient (Wildman–Crippen LogP) is 4.68. The van der Waals surface area contributed by atoms with Gasteiger partial charge in [-0.05, 0) is 55.5 Å². The van der Waals surface area contributed by atoms with Crippen molar-refractivity contribution in [3.05, 3.63) is 94.0 Å². The van der Waals surface area contributed by atoms with Crippen LogP contribution in [0.4, 0.5) is 5.69 Å². The second-order valence-corrected chi connectivity index (χ2v) is 8.08. The van der Waals surface area contributed by atoms with E-state index in [0.717, 1.165) is 15.8 Å². The van der Waals surface area contributed by atoms with Gasteiger partial charge in [0.05, 0.1) is 5.69 Å². The molecular weight excluding hydrogens is 472 g/mol. The standard InChI is InChI=1S/C25H21BrN2O4/c1-17-7-10-21(11-8-17)31-13-14-32-23-12-9-19(26)15-18(23)16-22-24(29)27-28(25(22)30)20-5-3-2-4-6-20/h2-12,15-16H,13-14H2,1H3,(H,27,29). The van der Waals surface area contributed by atoms with Crippen LogP contribution in [0.3, 0.4) is 0 Å². The molecule has 1 fully saturated rings. The van der Waals surface area contributed by atoms with Crippen LogP contribution in [0.5, 0.6) is 11.5 Å². The maximum atomic E-state index is 12.9. The average Bonchev–Trinajstić information content (AvgIpc) is 3.08. The van der Waals surface area contributed by atoms with Gasteiger partial charge in [0, 0.05) is 10.0 Å². The first kappa shape index (κ1) is 21.6. The summed E-state index contributed by atoms with van der Waals surface area (Å²) in [5, 5.41) is 1.24. The maximum Gasteiger partial charge on any atom is 0.282 e. The molecule has 3 aromatic rings. The van der Waals surface area contributed by atoms with Crippen LogP contribution < -0.4 is 19.9 Å². The maximum absolute atomic E-state index is 12.9. The minimum Gasteiger partial charge on any atom is -0.490 e. The number of halogens is 1. The van der Waals surface area contributed by atoms with Crippen molar-refractivity contribution < 1.29 is 19.1 Å². The number of anilines is 1. The van der Waals surface area contributed by atoms with Gasteiger partial charge >= 0.3 is 0 Å². The molecule has 1 aliphatic heterocycles. The van der Waals surface area contributed by atoms with Gasteiger partial charge < -0.3 is 9.47 Å². The van der Waals surface area contributed by atoms with Crippen LogP contribution in [-0.4, -0.2) is 25.0 Å². The fraction of sp³-hybridized carbons (Fsp3) is 0.120. The number of amides is 2. The highest BCUT2D eigenvalue weighted by Crippen LogP contribution is 2.28. The fourth-order valence-corrected chi connectivity index (χ4v) is 3.56. The second kappa shape index (κ2) is 9.70. The van der Waals surface area contributed by atoms with E-state index in [2.05, 4.69) is 21.4 Å². The molecule has 1 saturated heterocycles. The summed E-state index contributed by atoms with van der Waals surface area (Å²) in [6.07, 6.45) is 1.54. The van der Waals surface area contributed by atoms with Crippen LogP contribution in [0.1, 0.15) is 11.1 Å². The first-order valence-corrected chi connectivity index (χ1v) is 10.8. The lowest BCUT2D eigenvalue weighted by Crippen LogP contribution is -2.35. The Labute approximate surface area is 194 Å². The van der Waals surface area contributed by atoms with Crippen LogP contribution in [0.25, 0.3) is 6.08 Å². The van der Waals surface area contributed by atoms with Gasteiger partial charge in [-0.2, -0.15) is 0 Å². The van der Waals surface area contributed by atoms with Crippen LogP contribution in [0.15, 0.2) is 82.8 Å². The molecule has 1 aliphatic rings. The molecular formula is C25H21BrN2O4. The number of nitrogens with zero attached hydrogens (tertiary/aromatic N) is 1. The minimum atomic E-state index is -0.465. The van der Waals surface area contributed by atoms with Crippen molar-refractivity contribution in [1.29, 1.82) is 0 Å². The number of nitrogens with one attached hydrogen (secondary N) is 1. The number of carbonyl (C=O) groups excluding carboxylic acids is 2. The summed E-state index contributed by atoms with van der Waals surface area (Å²) < 4.78 is 12.4. The molecule has 7 heteroatoms.